The largest absolute Gasteiger partial charge is 0.299 e. The predicted octanol–water partition coefficient (Wildman–Crippen LogP) is 2.20. The van der Waals surface area contributed by atoms with Gasteiger partial charge >= 0.3 is 0 Å². The maximum atomic E-state index is 11.7. The van der Waals surface area contributed by atoms with Gasteiger partial charge in [0.25, 0.3) is 0 Å². The van der Waals surface area contributed by atoms with E-state index in [0.717, 1.165) is 0 Å². The number of ketones is 1. The van der Waals surface area contributed by atoms with E-state index in [4.69, 9.17) is 0 Å². The van der Waals surface area contributed by atoms with E-state index in [9.17, 15) is 13.2 Å². The molecule has 5 heteroatoms. The SMILES string of the molecule is CCC(=O)CS(=O)(=O)c1cccc(Br)c1. The molecule has 0 saturated heterocycles. The highest BCUT2D eigenvalue weighted by molar-refractivity contribution is 9.10. The zero-order valence-corrected chi connectivity index (χ0v) is 10.6. The van der Waals surface area contributed by atoms with E-state index >= 15 is 0 Å². The molecule has 0 aromatic heterocycles. The molecule has 0 N–H and O–H groups in total. The Morgan fingerprint density at radius 1 is 1.40 bits per heavy atom. The van der Waals surface area contributed by atoms with Gasteiger partial charge in [0.05, 0.1) is 4.90 Å². The summed E-state index contributed by atoms with van der Waals surface area (Å²) in [4.78, 5) is 11.3. The Morgan fingerprint density at radius 2 is 2.07 bits per heavy atom. The van der Waals surface area contributed by atoms with E-state index in [2.05, 4.69) is 15.9 Å². The molecule has 0 unspecified atom stereocenters. The number of hydrogen-bond donors (Lipinski definition) is 0. The van der Waals surface area contributed by atoms with Gasteiger partial charge in [-0.3, -0.25) is 4.79 Å². The van der Waals surface area contributed by atoms with Gasteiger partial charge in [-0.15, -0.1) is 0 Å². The van der Waals surface area contributed by atoms with Gasteiger partial charge in [0.1, 0.15) is 11.5 Å². The third-order valence-electron chi connectivity index (χ3n) is 1.90. The molecule has 3 nitrogen and oxygen atoms in total. The van der Waals surface area contributed by atoms with E-state index in [1.54, 1.807) is 19.1 Å². The molecule has 0 spiro atoms. The summed E-state index contributed by atoms with van der Waals surface area (Å²) in [5, 5.41) is 0. The van der Waals surface area contributed by atoms with Gasteiger partial charge in [0.15, 0.2) is 9.84 Å². The maximum Gasteiger partial charge on any atom is 0.185 e. The Hall–Kier alpha value is -0.680. The number of carbonyl (C=O) groups is 1. The minimum atomic E-state index is -3.47. The van der Waals surface area contributed by atoms with Gasteiger partial charge in [0, 0.05) is 10.9 Å². The Morgan fingerprint density at radius 3 is 2.60 bits per heavy atom. The summed E-state index contributed by atoms with van der Waals surface area (Å²) in [5.41, 5.74) is 0. The molecule has 0 heterocycles. The maximum absolute atomic E-state index is 11.7. The van der Waals surface area contributed by atoms with Crippen molar-refractivity contribution >= 4 is 31.6 Å². The molecular weight excluding hydrogens is 280 g/mol. The van der Waals surface area contributed by atoms with E-state index in [1.807, 2.05) is 0 Å². The molecule has 15 heavy (non-hydrogen) atoms. The minimum absolute atomic E-state index is 0.179. The third kappa shape index (κ3) is 3.43. The predicted molar refractivity (Wildman–Crippen MR) is 61.5 cm³/mol. The fourth-order valence-corrected chi connectivity index (χ4v) is 3.00. The van der Waals surface area contributed by atoms with Gasteiger partial charge in [0.2, 0.25) is 0 Å². The van der Waals surface area contributed by atoms with Gasteiger partial charge in [-0.05, 0) is 18.2 Å². The third-order valence-corrected chi connectivity index (χ3v) is 4.07. The minimum Gasteiger partial charge on any atom is -0.299 e. The molecule has 0 aliphatic heterocycles. The quantitative estimate of drug-likeness (QED) is 0.854. The molecule has 0 atom stereocenters. The van der Waals surface area contributed by atoms with Crippen molar-refractivity contribution in [2.24, 2.45) is 0 Å². The van der Waals surface area contributed by atoms with Gasteiger partial charge in [-0.1, -0.05) is 28.9 Å². The van der Waals surface area contributed by atoms with Crippen LogP contribution in [0.25, 0.3) is 0 Å². The topological polar surface area (TPSA) is 51.2 Å². The van der Waals surface area contributed by atoms with Crippen molar-refractivity contribution in [3.05, 3.63) is 28.7 Å². The summed E-state index contributed by atoms with van der Waals surface area (Å²) in [5.74, 6) is -0.685. The number of rotatable bonds is 4. The molecule has 1 rings (SSSR count). The van der Waals surface area contributed by atoms with Crippen molar-refractivity contribution in [2.45, 2.75) is 18.2 Å². The van der Waals surface area contributed by atoms with Crippen LogP contribution in [0.2, 0.25) is 0 Å². The lowest BCUT2D eigenvalue weighted by Gasteiger charge is -2.02. The summed E-state index contributed by atoms with van der Waals surface area (Å²) in [6, 6.07) is 6.36. The average Bonchev–Trinajstić information content (AvgIpc) is 2.17. The van der Waals surface area contributed by atoms with Crippen LogP contribution in [0.4, 0.5) is 0 Å². The van der Waals surface area contributed by atoms with Gasteiger partial charge < -0.3 is 0 Å². The molecular formula is C10H11BrO3S. The van der Waals surface area contributed by atoms with Crippen molar-refractivity contribution in [3.63, 3.8) is 0 Å². The fourth-order valence-electron chi connectivity index (χ4n) is 1.06. The second-order valence-corrected chi connectivity index (χ2v) is 6.01. The highest BCUT2D eigenvalue weighted by atomic mass is 79.9. The average molecular weight is 291 g/mol. The normalized spacial score (nSPS) is 11.3. The molecule has 0 aliphatic rings. The smallest absolute Gasteiger partial charge is 0.185 e. The van der Waals surface area contributed by atoms with Gasteiger partial charge in [-0.25, -0.2) is 8.42 Å². The first kappa shape index (κ1) is 12.4. The molecule has 0 radical (unpaired) electrons. The van der Waals surface area contributed by atoms with Crippen molar-refractivity contribution in [1.82, 2.24) is 0 Å². The first-order valence-electron chi connectivity index (χ1n) is 4.45. The van der Waals surface area contributed by atoms with Crippen molar-refractivity contribution < 1.29 is 13.2 Å². The summed E-state index contributed by atoms with van der Waals surface area (Å²) < 4.78 is 24.1. The van der Waals surface area contributed by atoms with E-state index in [-0.39, 0.29) is 17.1 Å². The lowest BCUT2D eigenvalue weighted by molar-refractivity contribution is -0.116. The summed E-state index contributed by atoms with van der Waals surface area (Å²) in [6.07, 6.45) is 0.243. The molecule has 82 valence electrons. The summed E-state index contributed by atoms with van der Waals surface area (Å²) >= 11 is 3.19. The van der Waals surface area contributed by atoms with Crippen LogP contribution in [-0.2, 0) is 14.6 Å². The number of carbonyl (C=O) groups excluding carboxylic acids is 1. The lowest BCUT2D eigenvalue weighted by atomic mass is 10.4. The molecule has 0 fully saturated rings. The van der Waals surface area contributed by atoms with Crippen LogP contribution >= 0.6 is 15.9 Å². The highest BCUT2D eigenvalue weighted by Crippen LogP contribution is 2.17. The summed E-state index contributed by atoms with van der Waals surface area (Å²) in [6.45, 7) is 1.65. The van der Waals surface area contributed by atoms with E-state index in [0.29, 0.717) is 4.47 Å². The number of sulfone groups is 1. The van der Waals surface area contributed by atoms with Crippen molar-refractivity contribution in [2.75, 3.05) is 5.75 Å². The molecule has 0 amide bonds. The molecule has 0 aliphatic carbocycles. The zero-order chi connectivity index (χ0) is 11.5. The fraction of sp³-hybridized carbons (Fsp3) is 0.300. The lowest BCUT2D eigenvalue weighted by Crippen LogP contribution is -2.15. The Labute approximate surface area is 97.5 Å². The number of Topliss-reactive ketones (excluding diaryl/α,β-unsaturated/α-hetero) is 1. The first-order valence-corrected chi connectivity index (χ1v) is 6.90. The van der Waals surface area contributed by atoms with E-state index < -0.39 is 15.6 Å². The standard InChI is InChI=1S/C10H11BrO3S/c1-2-9(12)7-15(13,14)10-5-3-4-8(11)6-10/h3-6H,2,7H2,1H3. The molecule has 1 aromatic carbocycles. The van der Waals surface area contributed by atoms with Crippen LogP contribution in [0.15, 0.2) is 33.6 Å². The second kappa shape index (κ2) is 4.90. The molecule has 0 saturated carbocycles. The molecule has 1 aromatic rings. The van der Waals surface area contributed by atoms with Crippen molar-refractivity contribution in [1.29, 1.82) is 0 Å². The second-order valence-electron chi connectivity index (χ2n) is 3.11. The van der Waals surface area contributed by atoms with Crippen molar-refractivity contribution in [3.8, 4) is 0 Å². The Balaban J connectivity index is 3.01. The van der Waals surface area contributed by atoms with Crippen LogP contribution in [0.3, 0.4) is 0 Å². The van der Waals surface area contributed by atoms with E-state index in [1.165, 1.54) is 12.1 Å². The monoisotopic (exact) mass is 290 g/mol. The number of hydrogen-bond acceptors (Lipinski definition) is 3. The number of halogens is 1. The van der Waals surface area contributed by atoms with Crippen LogP contribution in [0, 0.1) is 0 Å². The van der Waals surface area contributed by atoms with Gasteiger partial charge in [-0.2, -0.15) is 0 Å². The van der Waals surface area contributed by atoms with Crippen LogP contribution < -0.4 is 0 Å². The molecule has 0 bridgehead atoms. The van der Waals surface area contributed by atoms with Crippen LogP contribution in [0.1, 0.15) is 13.3 Å². The Bertz CT molecular complexity index is 465. The van der Waals surface area contributed by atoms with Crippen LogP contribution in [0.5, 0.6) is 0 Å². The highest BCUT2D eigenvalue weighted by Gasteiger charge is 2.18. The first-order chi connectivity index (χ1) is 6.95. The number of benzene rings is 1. The Kier molecular flexibility index (Phi) is 4.04. The summed E-state index contributed by atoms with van der Waals surface area (Å²) in [7, 11) is -3.47. The van der Waals surface area contributed by atoms with Crippen LogP contribution in [-0.4, -0.2) is 20.0 Å². The zero-order valence-electron chi connectivity index (χ0n) is 8.23.